The van der Waals surface area contributed by atoms with Crippen LogP contribution < -0.4 is 5.73 Å². The molecular weight excluding hydrogens is 234 g/mol. The van der Waals surface area contributed by atoms with Gasteiger partial charge in [0.2, 0.25) is 0 Å². The first-order valence-electron chi connectivity index (χ1n) is 6.25. The highest BCUT2D eigenvalue weighted by molar-refractivity contribution is 7.09. The van der Waals surface area contributed by atoms with Crippen LogP contribution in [0.25, 0.3) is 0 Å². The number of amides is 1. The van der Waals surface area contributed by atoms with E-state index in [2.05, 4.69) is 4.98 Å². The van der Waals surface area contributed by atoms with Crippen molar-refractivity contribution >= 4 is 17.2 Å². The van der Waals surface area contributed by atoms with Gasteiger partial charge in [0.05, 0.1) is 0 Å². The van der Waals surface area contributed by atoms with E-state index in [1.807, 2.05) is 10.3 Å². The monoisotopic (exact) mass is 253 g/mol. The Labute approximate surface area is 106 Å². The molecule has 1 aliphatic heterocycles. The van der Waals surface area contributed by atoms with E-state index < -0.39 is 0 Å². The van der Waals surface area contributed by atoms with Crippen LogP contribution in [0.3, 0.4) is 0 Å². The highest BCUT2D eigenvalue weighted by Gasteiger charge is 2.18. The van der Waals surface area contributed by atoms with Gasteiger partial charge in [-0.05, 0) is 12.8 Å². The molecule has 0 radical (unpaired) electrons. The fraction of sp³-hybridized carbons (Fsp3) is 0.667. The molecule has 1 aromatic heterocycles. The maximum Gasteiger partial charge on any atom is 0.273 e. The number of hydrogen-bond acceptors (Lipinski definition) is 4. The van der Waals surface area contributed by atoms with Crippen molar-refractivity contribution in [1.82, 2.24) is 9.88 Å². The van der Waals surface area contributed by atoms with E-state index in [1.165, 1.54) is 30.6 Å². The van der Waals surface area contributed by atoms with E-state index >= 15 is 0 Å². The number of thiazole rings is 1. The van der Waals surface area contributed by atoms with Crippen molar-refractivity contribution in [2.24, 2.45) is 5.73 Å². The zero-order valence-electron chi connectivity index (χ0n) is 10.0. The third-order valence-electron chi connectivity index (χ3n) is 3.09. The molecule has 0 aliphatic carbocycles. The largest absolute Gasteiger partial charge is 0.337 e. The molecule has 2 heterocycles. The second-order valence-corrected chi connectivity index (χ2v) is 5.33. The maximum absolute atomic E-state index is 12.2. The van der Waals surface area contributed by atoms with Gasteiger partial charge in [-0.1, -0.05) is 19.3 Å². The molecule has 5 heteroatoms. The first kappa shape index (κ1) is 12.5. The Balaban J connectivity index is 2.01. The Morgan fingerprint density at radius 1 is 1.29 bits per heavy atom. The fourth-order valence-corrected chi connectivity index (χ4v) is 2.76. The van der Waals surface area contributed by atoms with E-state index in [0.29, 0.717) is 12.2 Å². The molecule has 1 amide bonds. The molecule has 0 spiro atoms. The van der Waals surface area contributed by atoms with Crippen molar-refractivity contribution in [2.75, 3.05) is 13.1 Å². The van der Waals surface area contributed by atoms with Gasteiger partial charge in [-0.25, -0.2) is 4.98 Å². The zero-order chi connectivity index (χ0) is 12.1. The highest BCUT2D eigenvalue weighted by atomic mass is 32.1. The van der Waals surface area contributed by atoms with Crippen LogP contribution >= 0.6 is 11.3 Å². The summed E-state index contributed by atoms with van der Waals surface area (Å²) in [5.74, 6) is 0.0721. The molecule has 2 rings (SSSR count). The first-order chi connectivity index (χ1) is 8.31. The summed E-state index contributed by atoms with van der Waals surface area (Å²) >= 11 is 1.47. The van der Waals surface area contributed by atoms with Crippen molar-refractivity contribution in [3.63, 3.8) is 0 Å². The standard InChI is InChI=1S/C12H19N3OS/c13-8-11-14-10(9-17-11)12(16)15-6-4-2-1-3-5-7-15/h9H,1-8,13H2. The van der Waals surface area contributed by atoms with Crippen molar-refractivity contribution in [3.8, 4) is 0 Å². The van der Waals surface area contributed by atoms with Crippen LogP contribution in [0.4, 0.5) is 0 Å². The van der Waals surface area contributed by atoms with Crippen molar-refractivity contribution in [1.29, 1.82) is 0 Å². The average molecular weight is 253 g/mol. The Morgan fingerprint density at radius 3 is 2.53 bits per heavy atom. The number of rotatable bonds is 2. The van der Waals surface area contributed by atoms with E-state index in [-0.39, 0.29) is 5.91 Å². The molecule has 1 saturated heterocycles. The fourth-order valence-electron chi connectivity index (χ4n) is 2.12. The Morgan fingerprint density at radius 2 is 1.94 bits per heavy atom. The van der Waals surface area contributed by atoms with E-state index in [9.17, 15) is 4.79 Å². The summed E-state index contributed by atoms with van der Waals surface area (Å²) in [5, 5.41) is 2.66. The number of hydrogen-bond donors (Lipinski definition) is 1. The second kappa shape index (κ2) is 6.12. The van der Waals surface area contributed by atoms with E-state index in [1.54, 1.807) is 0 Å². The van der Waals surface area contributed by atoms with Gasteiger partial charge in [-0.15, -0.1) is 11.3 Å². The van der Waals surface area contributed by atoms with Crippen LogP contribution in [0.2, 0.25) is 0 Å². The summed E-state index contributed by atoms with van der Waals surface area (Å²) < 4.78 is 0. The molecule has 0 bridgehead atoms. The Kier molecular flexibility index (Phi) is 4.50. The normalized spacial score (nSPS) is 17.6. The Hall–Kier alpha value is -0.940. The lowest BCUT2D eigenvalue weighted by atomic mass is 10.1. The number of nitrogens with two attached hydrogens (primary N) is 1. The van der Waals surface area contributed by atoms with Crippen LogP contribution in [0.1, 0.15) is 47.6 Å². The predicted molar refractivity (Wildman–Crippen MR) is 69.0 cm³/mol. The minimum Gasteiger partial charge on any atom is -0.337 e. The maximum atomic E-state index is 12.2. The summed E-state index contributed by atoms with van der Waals surface area (Å²) in [6.07, 6.45) is 5.99. The minimum atomic E-state index is 0.0721. The van der Waals surface area contributed by atoms with Crippen molar-refractivity contribution in [2.45, 2.75) is 38.6 Å². The molecule has 4 nitrogen and oxygen atoms in total. The first-order valence-corrected chi connectivity index (χ1v) is 7.13. The van der Waals surface area contributed by atoms with Crippen LogP contribution in [0, 0.1) is 0 Å². The van der Waals surface area contributed by atoms with Gasteiger partial charge in [0.1, 0.15) is 10.7 Å². The van der Waals surface area contributed by atoms with Gasteiger partial charge in [0.25, 0.3) is 5.91 Å². The zero-order valence-corrected chi connectivity index (χ0v) is 10.8. The highest BCUT2D eigenvalue weighted by Crippen LogP contribution is 2.15. The van der Waals surface area contributed by atoms with Crippen LogP contribution in [0.15, 0.2) is 5.38 Å². The third-order valence-corrected chi connectivity index (χ3v) is 3.96. The van der Waals surface area contributed by atoms with Crippen LogP contribution in [-0.4, -0.2) is 28.9 Å². The number of aromatic nitrogens is 1. The lowest BCUT2D eigenvalue weighted by Crippen LogP contribution is -2.34. The van der Waals surface area contributed by atoms with Gasteiger partial charge in [0, 0.05) is 25.0 Å². The molecular formula is C12H19N3OS. The topological polar surface area (TPSA) is 59.2 Å². The van der Waals surface area contributed by atoms with Crippen LogP contribution in [0.5, 0.6) is 0 Å². The number of carbonyl (C=O) groups excluding carboxylic acids is 1. The second-order valence-electron chi connectivity index (χ2n) is 4.39. The predicted octanol–water partition coefficient (Wildman–Crippen LogP) is 2.01. The molecule has 17 heavy (non-hydrogen) atoms. The molecule has 1 aliphatic rings. The average Bonchev–Trinajstić information content (AvgIpc) is 2.76. The van der Waals surface area contributed by atoms with Gasteiger partial charge < -0.3 is 10.6 Å². The molecule has 0 saturated carbocycles. The van der Waals surface area contributed by atoms with Gasteiger partial charge in [-0.3, -0.25) is 4.79 Å². The Bertz CT molecular complexity index is 370. The molecule has 0 unspecified atom stereocenters. The number of carbonyl (C=O) groups is 1. The summed E-state index contributed by atoms with van der Waals surface area (Å²) in [6, 6.07) is 0. The minimum absolute atomic E-state index is 0.0721. The lowest BCUT2D eigenvalue weighted by Gasteiger charge is -2.23. The van der Waals surface area contributed by atoms with Crippen molar-refractivity contribution in [3.05, 3.63) is 16.1 Å². The summed E-state index contributed by atoms with van der Waals surface area (Å²) in [5.41, 5.74) is 6.08. The molecule has 1 fully saturated rings. The molecule has 94 valence electrons. The van der Waals surface area contributed by atoms with Gasteiger partial charge >= 0.3 is 0 Å². The van der Waals surface area contributed by atoms with Crippen LogP contribution in [-0.2, 0) is 6.54 Å². The molecule has 2 N–H and O–H groups in total. The molecule has 0 atom stereocenters. The van der Waals surface area contributed by atoms with Crippen molar-refractivity contribution < 1.29 is 4.79 Å². The third kappa shape index (κ3) is 3.26. The van der Waals surface area contributed by atoms with Gasteiger partial charge in [0.15, 0.2) is 0 Å². The smallest absolute Gasteiger partial charge is 0.273 e. The SMILES string of the molecule is NCc1nc(C(=O)N2CCCCCCC2)cs1. The molecule has 1 aromatic rings. The lowest BCUT2D eigenvalue weighted by molar-refractivity contribution is 0.0737. The summed E-state index contributed by atoms with van der Waals surface area (Å²) in [4.78, 5) is 18.4. The van der Waals surface area contributed by atoms with E-state index in [0.717, 1.165) is 30.9 Å². The summed E-state index contributed by atoms with van der Waals surface area (Å²) in [6.45, 7) is 2.15. The quantitative estimate of drug-likeness (QED) is 0.877. The summed E-state index contributed by atoms with van der Waals surface area (Å²) in [7, 11) is 0. The number of likely N-dealkylation sites (tertiary alicyclic amines) is 1. The number of nitrogens with zero attached hydrogens (tertiary/aromatic N) is 2. The molecule has 0 aromatic carbocycles. The van der Waals surface area contributed by atoms with E-state index in [4.69, 9.17) is 5.73 Å². The van der Waals surface area contributed by atoms with Gasteiger partial charge in [-0.2, -0.15) is 0 Å².